The van der Waals surface area contributed by atoms with E-state index < -0.39 is 28.5 Å². The molecule has 0 saturated heterocycles. The summed E-state index contributed by atoms with van der Waals surface area (Å²) >= 11 is 0. The summed E-state index contributed by atoms with van der Waals surface area (Å²) in [5.41, 5.74) is 2.18. The van der Waals surface area contributed by atoms with Crippen LogP contribution in [0.4, 0.5) is 5.69 Å². The van der Waals surface area contributed by atoms with Gasteiger partial charge in [0.15, 0.2) is 0 Å². The average Bonchev–Trinajstić information content (AvgIpc) is 2.95. The number of sulfonamides is 1. The van der Waals surface area contributed by atoms with Gasteiger partial charge in [0, 0.05) is 13.1 Å². The summed E-state index contributed by atoms with van der Waals surface area (Å²) in [6.07, 6.45) is 1.75. The standard InChI is InChI=1S/C31H39N3O5S/c1-5-7-20-32-31(36)25(4)33(22-26-13-11-12-24(3)21-26)30(35)23-34(27-16-18-28(19-17-27)39-6-2)40(37,38)29-14-9-8-10-15-29/h8-19,21,25H,5-7,20,22-23H2,1-4H3,(H,32,36)/t25-/m1/s1. The molecule has 0 spiro atoms. The molecule has 0 fully saturated rings. The molecule has 214 valence electrons. The number of hydrogen-bond donors (Lipinski definition) is 1. The predicted molar refractivity (Wildman–Crippen MR) is 158 cm³/mol. The Labute approximate surface area is 238 Å². The third-order valence-electron chi connectivity index (χ3n) is 6.48. The summed E-state index contributed by atoms with van der Waals surface area (Å²) in [6, 6.07) is 21.4. The van der Waals surface area contributed by atoms with Crippen LogP contribution < -0.4 is 14.4 Å². The van der Waals surface area contributed by atoms with Gasteiger partial charge in [-0.05, 0) is 69.2 Å². The van der Waals surface area contributed by atoms with Crippen molar-refractivity contribution in [3.63, 3.8) is 0 Å². The molecule has 8 nitrogen and oxygen atoms in total. The van der Waals surface area contributed by atoms with Gasteiger partial charge in [-0.25, -0.2) is 8.42 Å². The predicted octanol–water partition coefficient (Wildman–Crippen LogP) is 4.92. The van der Waals surface area contributed by atoms with Gasteiger partial charge in [0.1, 0.15) is 18.3 Å². The van der Waals surface area contributed by atoms with Crippen LogP contribution in [-0.2, 0) is 26.2 Å². The Morgan fingerprint density at radius 2 is 1.65 bits per heavy atom. The second-order valence-corrected chi connectivity index (χ2v) is 11.4. The van der Waals surface area contributed by atoms with E-state index in [9.17, 15) is 18.0 Å². The fourth-order valence-corrected chi connectivity index (χ4v) is 5.68. The summed E-state index contributed by atoms with van der Waals surface area (Å²) in [5.74, 6) is -0.186. The maximum Gasteiger partial charge on any atom is 0.264 e. The second-order valence-electron chi connectivity index (χ2n) is 9.58. The zero-order chi connectivity index (χ0) is 29.1. The highest BCUT2D eigenvalue weighted by atomic mass is 32.2. The molecule has 0 aliphatic heterocycles. The number of carbonyl (C=O) groups excluding carboxylic acids is 2. The molecule has 1 atom stereocenters. The molecule has 9 heteroatoms. The number of rotatable bonds is 14. The third-order valence-corrected chi connectivity index (χ3v) is 8.27. The lowest BCUT2D eigenvalue weighted by atomic mass is 10.1. The summed E-state index contributed by atoms with van der Waals surface area (Å²) in [4.78, 5) is 28.5. The lowest BCUT2D eigenvalue weighted by molar-refractivity contribution is -0.139. The van der Waals surface area contributed by atoms with Gasteiger partial charge in [-0.15, -0.1) is 0 Å². The van der Waals surface area contributed by atoms with Crippen molar-refractivity contribution < 1.29 is 22.7 Å². The third kappa shape index (κ3) is 8.08. The molecule has 0 heterocycles. The van der Waals surface area contributed by atoms with Crippen LogP contribution in [-0.4, -0.2) is 50.9 Å². The Balaban J connectivity index is 1.99. The first kappa shape index (κ1) is 30.7. The summed E-state index contributed by atoms with van der Waals surface area (Å²) in [7, 11) is -4.11. The van der Waals surface area contributed by atoms with Crippen LogP contribution >= 0.6 is 0 Å². The topological polar surface area (TPSA) is 96.0 Å². The van der Waals surface area contributed by atoms with E-state index >= 15 is 0 Å². The Hall–Kier alpha value is -3.85. The number of ether oxygens (including phenoxy) is 1. The van der Waals surface area contributed by atoms with Crippen LogP contribution in [0.1, 0.15) is 44.7 Å². The quantitative estimate of drug-likeness (QED) is 0.280. The number of hydrogen-bond acceptors (Lipinski definition) is 5. The highest BCUT2D eigenvalue weighted by Gasteiger charge is 2.32. The Morgan fingerprint density at radius 3 is 2.27 bits per heavy atom. The minimum absolute atomic E-state index is 0.0623. The fourth-order valence-electron chi connectivity index (χ4n) is 4.25. The van der Waals surface area contributed by atoms with Crippen molar-refractivity contribution in [3.05, 3.63) is 90.0 Å². The molecule has 0 aliphatic rings. The minimum atomic E-state index is -4.11. The average molecular weight is 566 g/mol. The zero-order valence-corrected chi connectivity index (χ0v) is 24.5. The molecular formula is C31H39N3O5S. The van der Waals surface area contributed by atoms with E-state index in [0.29, 0.717) is 24.6 Å². The summed E-state index contributed by atoms with van der Waals surface area (Å²) in [5, 5.41) is 2.90. The van der Waals surface area contributed by atoms with Crippen molar-refractivity contribution >= 4 is 27.5 Å². The molecule has 40 heavy (non-hydrogen) atoms. The number of nitrogens with zero attached hydrogens (tertiary/aromatic N) is 2. The first-order valence-electron chi connectivity index (χ1n) is 13.6. The van der Waals surface area contributed by atoms with Gasteiger partial charge in [0.05, 0.1) is 17.2 Å². The van der Waals surface area contributed by atoms with Gasteiger partial charge >= 0.3 is 0 Å². The van der Waals surface area contributed by atoms with Crippen molar-refractivity contribution in [2.45, 2.75) is 58.0 Å². The van der Waals surface area contributed by atoms with E-state index in [0.717, 1.165) is 28.3 Å². The highest BCUT2D eigenvalue weighted by Crippen LogP contribution is 2.26. The molecule has 0 bridgehead atoms. The molecule has 3 aromatic carbocycles. The smallest absolute Gasteiger partial charge is 0.264 e. The number of unbranched alkanes of at least 4 members (excludes halogenated alkanes) is 1. The van der Waals surface area contributed by atoms with Crippen molar-refractivity contribution in [2.75, 3.05) is 24.0 Å². The van der Waals surface area contributed by atoms with E-state index in [1.165, 1.54) is 17.0 Å². The molecular weight excluding hydrogens is 526 g/mol. The highest BCUT2D eigenvalue weighted by molar-refractivity contribution is 7.92. The Morgan fingerprint density at radius 1 is 0.950 bits per heavy atom. The number of aryl methyl sites for hydroxylation is 1. The van der Waals surface area contributed by atoms with Crippen molar-refractivity contribution in [3.8, 4) is 5.75 Å². The van der Waals surface area contributed by atoms with Crippen LogP contribution in [0, 0.1) is 6.92 Å². The summed E-state index contributed by atoms with van der Waals surface area (Å²) in [6.45, 7) is 8.17. The number of anilines is 1. The van der Waals surface area contributed by atoms with Crippen LogP contribution in [0.25, 0.3) is 0 Å². The number of nitrogens with one attached hydrogen (secondary N) is 1. The Bertz CT molecular complexity index is 1360. The minimum Gasteiger partial charge on any atom is -0.494 e. The van der Waals surface area contributed by atoms with Crippen LogP contribution in [0.2, 0.25) is 0 Å². The van der Waals surface area contributed by atoms with Gasteiger partial charge in [-0.3, -0.25) is 13.9 Å². The number of amides is 2. The van der Waals surface area contributed by atoms with Crippen LogP contribution in [0.3, 0.4) is 0 Å². The zero-order valence-electron chi connectivity index (χ0n) is 23.7. The lowest BCUT2D eigenvalue weighted by Gasteiger charge is -2.32. The maximum absolute atomic E-state index is 14.0. The lowest BCUT2D eigenvalue weighted by Crippen LogP contribution is -2.51. The molecule has 0 unspecified atom stereocenters. The molecule has 0 radical (unpaired) electrons. The van der Waals surface area contributed by atoms with E-state index in [1.807, 2.05) is 45.0 Å². The van der Waals surface area contributed by atoms with Gasteiger partial charge in [0.25, 0.3) is 10.0 Å². The molecule has 1 N–H and O–H groups in total. The fraction of sp³-hybridized carbons (Fsp3) is 0.355. The monoisotopic (exact) mass is 565 g/mol. The molecule has 0 aliphatic carbocycles. The largest absolute Gasteiger partial charge is 0.494 e. The van der Waals surface area contributed by atoms with Crippen molar-refractivity contribution in [1.29, 1.82) is 0 Å². The first-order valence-corrected chi connectivity index (χ1v) is 15.0. The SMILES string of the molecule is CCCCNC(=O)[C@@H](C)N(Cc1cccc(C)c1)C(=O)CN(c1ccc(OCC)cc1)S(=O)(=O)c1ccccc1. The van der Waals surface area contributed by atoms with E-state index in [2.05, 4.69) is 5.32 Å². The van der Waals surface area contributed by atoms with E-state index in [1.54, 1.807) is 49.4 Å². The number of benzene rings is 3. The normalized spacial score (nSPS) is 11.9. The Kier molecular flexibility index (Phi) is 11.1. The van der Waals surface area contributed by atoms with Crippen molar-refractivity contribution in [2.24, 2.45) is 0 Å². The number of carbonyl (C=O) groups is 2. The molecule has 2 amide bonds. The van der Waals surface area contributed by atoms with Crippen LogP contribution in [0.15, 0.2) is 83.8 Å². The van der Waals surface area contributed by atoms with Gasteiger partial charge < -0.3 is 15.0 Å². The van der Waals surface area contributed by atoms with Gasteiger partial charge in [-0.2, -0.15) is 0 Å². The first-order chi connectivity index (χ1) is 19.2. The molecule has 0 aromatic heterocycles. The summed E-state index contributed by atoms with van der Waals surface area (Å²) < 4.78 is 34.3. The molecule has 3 aromatic rings. The van der Waals surface area contributed by atoms with Crippen molar-refractivity contribution in [1.82, 2.24) is 10.2 Å². The van der Waals surface area contributed by atoms with Gasteiger partial charge in [0.2, 0.25) is 11.8 Å². The van der Waals surface area contributed by atoms with E-state index in [4.69, 9.17) is 4.74 Å². The maximum atomic E-state index is 14.0. The second kappa shape index (κ2) is 14.5. The van der Waals surface area contributed by atoms with Gasteiger partial charge in [-0.1, -0.05) is 61.4 Å². The molecule has 3 rings (SSSR count). The molecule has 0 saturated carbocycles. The van der Waals surface area contributed by atoms with Crippen LogP contribution in [0.5, 0.6) is 5.75 Å². The van der Waals surface area contributed by atoms with E-state index in [-0.39, 0.29) is 17.3 Å².